The molecule has 0 spiro atoms. The summed E-state index contributed by atoms with van der Waals surface area (Å²) in [5.74, 6) is 0.538. The number of aromatic nitrogens is 2. The van der Waals surface area contributed by atoms with E-state index in [4.69, 9.17) is 17.0 Å². The summed E-state index contributed by atoms with van der Waals surface area (Å²) in [4.78, 5) is 32.7. The first-order valence-corrected chi connectivity index (χ1v) is 11.0. The van der Waals surface area contributed by atoms with Crippen molar-refractivity contribution < 1.29 is 9.53 Å². The fraction of sp³-hybridized carbons (Fsp3) is 0.217. The Morgan fingerprint density at radius 2 is 1.90 bits per heavy atom. The number of carbonyl (C=O) groups excluding carboxylic acids is 1. The number of benzene rings is 1. The second-order valence-electron chi connectivity index (χ2n) is 7.51. The van der Waals surface area contributed by atoms with Gasteiger partial charge in [0.05, 0.1) is 4.91 Å². The minimum atomic E-state index is -0.319. The van der Waals surface area contributed by atoms with E-state index in [2.05, 4.69) is 4.98 Å². The van der Waals surface area contributed by atoms with Crippen molar-refractivity contribution in [2.75, 3.05) is 0 Å². The third-order valence-electron chi connectivity index (χ3n) is 5.11. The van der Waals surface area contributed by atoms with E-state index in [1.54, 1.807) is 29.3 Å². The van der Waals surface area contributed by atoms with Gasteiger partial charge in [0, 0.05) is 12.2 Å². The Hall–Kier alpha value is -2.97. The van der Waals surface area contributed by atoms with Crippen molar-refractivity contribution in [2.45, 2.75) is 33.7 Å². The van der Waals surface area contributed by atoms with Gasteiger partial charge in [-0.15, -0.1) is 0 Å². The molecule has 0 unspecified atom stereocenters. The van der Waals surface area contributed by atoms with Gasteiger partial charge in [0.1, 0.15) is 21.3 Å². The molecular weight excluding hydrogens is 430 g/mol. The molecule has 3 heterocycles. The first-order chi connectivity index (χ1) is 14.8. The third-order valence-corrected chi connectivity index (χ3v) is 6.44. The summed E-state index contributed by atoms with van der Waals surface area (Å²) in [5.41, 5.74) is 2.36. The Morgan fingerprint density at radius 1 is 1.13 bits per heavy atom. The number of ether oxygens (including phenoxy) is 1. The van der Waals surface area contributed by atoms with E-state index in [-0.39, 0.29) is 29.0 Å². The minimum Gasteiger partial charge on any atom is -0.438 e. The van der Waals surface area contributed by atoms with Crippen LogP contribution in [-0.2, 0) is 4.79 Å². The van der Waals surface area contributed by atoms with Gasteiger partial charge < -0.3 is 4.74 Å². The summed E-state index contributed by atoms with van der Waals surface area (Å²) in [5, 5.41) is 0. The lowest BCUT2D eigenvalue weighted by Gasteiger charge is -2.18. The molecule has 31 heavy (non-hydrogen) atoms. The topological polar surface area (TPSA) is 63.9 Å². The monoisotopic (exact) mass is 451 g/mol. The summed E-state index contributed by atoms with van der Waals surface area (Å²) >= 11 is 6.54. The number of carbonyl (C=O) groups is 1. The molecule has 0 radical (unpaired) electrons. The molecule has 6 nitrogen and oxygen atoms in total. The summed E-state index contributed by atoms with van der Waals surface area (Å²) < 4.78 is 8.03. The summed E-state index contributed by atoms with van der Waals surface area (Å²) in [6.07, 6.45) is 3.18. The van der Waals surface area contributed by atoms with Gasteiger partial charge in [0.2, 0.25) is 5.88 Å². The van der Waals surface area contributed by atoms with Crippen LogP contribution >= 0.6 is 24.0 Å². The van der Waals surface area contributed by atoms with Crippen molar-refractivity contribution in [3.8, 4) is 11.6 Å². The lowest BCUT2D eigenvalue weighted by atomic mass is 10.1. The third kappa shape index (κ3) is 3.88. The van der Waals surface area contributed by atoms with E-state index in [1.807, 2.05) is 45.9 Å². The minimum absolute atomic E-state index is 0.0695. The molecule has 0 saturated carbocycles. The summed E-state index contributed by atoms with van der Waals surface area (Å²) in [6, 6.07) is 10.9. The number of amides is 1. The molecular formula is C23H21N3O3S2. The maximum absolute atomic E-state index is 13.3. The maximum Gasteiger partial charge on any atom is 0.269 e. The van der Waals surface area contributed by atoms with Crippen LogP contribution in [0.25, 0.3) is 11.7 Å². The number of thioether (sulfide) groups is 1. The lowest BCUT2D eigenvalue weighted by Crippen LogP contribution is -2.34. The average Bonchev–Trinajstić information content (AvgIpc) is 3.01. The van der Waals surface area contributed by atoms with Crippen LogP contribution in [-0.4, -0.2) is 30.6 Å². The Bertz CT molecular complexity index is 1310. The summed E-state index contributed by atoms with van der Waals surface area (Å²) in [7, 11) is 0. The van der Waals surface area contributed by atoms with E-state index in [0.717, 1.165) is 11.1 Å². The van der Waals surface area contributed by atoms with Gasteiger partial charge in [0.15, 0.2) is 0 Å². The van der Waals surface area contributed by atoms with Crippen molar-refractivity contribution in [2.24, 2.45) is 0 Å². The highest BCUT2D eigenvalue weighted by atomic mass is 32.2. The molecule has 4 rings (SSSR count). The molecule has 1 saturated heterocycles. The van der Waals surface area contributed by atoms with Crippen molar-refractivity contribution in [3.63, 3.8) is 0 Å². The molecule has 1 amide bonds. The van der Waals surface area contributed by atoms with E-state index in [1.165, 1.54) is 22.2 Å². The molecule has 0 N–H and O–H groups in total. The van der Waals surface area contributed by atoms with Gasteiger partial charge in [-0.25, -0.2) is 0 Å². The summed E-state index contributed by atoms with van der Waals surface area (Å²) in [6.45, 7) is 7.74. The van der Waals surface area contributed by atoms with Crippen LogP contribution in [0.1, 0.15) is 30.5 Å². The number of nitrogens with zero attached hydrogens (tertiary/aromatic N) is 3. The number of rotatable bonds is 4. The van der Waals surface area contributed by atoms with Gasteiger partial charge in [-0.05, 0) is 63.1 Å². The molecule has 158 valence electrons. The molecule has 1 aliphatic heterocycles. The SMILES string of the molecule is Cc1cccc(Oc2nc3ccccn3c(=O)c2/C=C2/SC(=S)N(C(C)C)C2=O)c1C. The number of hydrogen-bond donors (Lipinski definition) is 0. The Kier molecular flexibility index (Phi) is 5.68. The molecule has 0 atom stereocenters. The van der Waals surface area contributed by atoms with Crippen LogP contribution in [0, 0.1) is 13.8 Å². The van der Waals surface area contributed by atoms with Gasteiger partial charge >= 0.3 is 0 Å². The molecule has 0 aliphatic carbocycles. The molecule has 0 bridgehead atoms. The Morgan fingerprint density at radius 3 is 2.61 bits per heavy atom. The molecule has 2 aromatic heterocycles. The molecule has 1 aromatic carbocycles. The highest BCUT2D eigenvalue weighted by molar-refractivity contribution is 8.26. The number of thiocarbonyl (C=S) groups is 1. The van der Waals surface area contributed by atoms with Crippen LogP contribution in [0.5, 0.6) is 11.6 Å². The van der Waals surface area contributed by atoms with Crippen molar-refractivity contribution in [1.29, 1.82) is 0 Å². The van der Waals surface area contributed by atoms with Crippen LogP contribution in [0.4, 0.5) is 0 Å². The molecule has 8 heteroatoms. The number of aryl methyl sites for hydroxylation is 1. The number of fused-ring (bicyclic) bond motifs is 1. The molecule has 3 aromatic rings. The predicted octanol–water partition coefficient (Wildman–Crippen LogP) is 4.71. The zero-order valence-corrected chi connectivity index (χ0v) is 19.2. The van der Waals surface area contributed by atoms with Crippen LogP contribution in [0.15, 0.2) is 52.3 Å². The second-order valence-corrected chi connectivity index (χ2v) is 9.19. The van der Waals surface area contributed by atoms with Crippen LogP contribution < -0.4 is 10.3 Å². The normalized spacial score (nSPS) is 15.5. The zero-order chi connectivity index (χ0) is 22.3. The van der Waals surface area contributed by atoms with E-state index in [9.17, 15) is 9.59 Å². The maximum atomic E-state index is 13.3. The standard InChI is InChI=1S/C23H21N3O3S2/c1-13(2)26-22(28)18(31-23(26)30)12-16-20(29-17-9-7-8-14(3)15(17)4)24-19-10-5-6-11-25(19)21(16)27/h5-13H,1-4H3/b18-12+. The number of hydrogen-bond acceptors (Lipinski definition) is 6. The van der Waals surface area contributed by atoms with E-state index >= 15 is 0 Å². The first-order valence-electron chi connectivity index (χ1n) is 9.80. The smallest absolute Gasteiger partial charge is 0.269 e. The fourth-order valence-corrected chi connectivity index (χ4v) is 4.78. The highest BCUT2D eigenvalue weighted by Gasteiger charge is 2.34. The lowest BCUT2D eigenvalue weighted by molar-refractivity contribution is -0.123. The van der Waals surface area contributed by atoms with Crippen molar-refractivity contribution in [3.05, 3.63) is 74.5 Å². The van der Waals surface area contributed by atoms with Crippen molar-refractivity contribution in [1.82, 2.24) is 14.3 Å². The van der Waals surface area contributed by atoms with Crippen LogP contribution in [0.3, 0.4) is 0 Å². The van der Waals surface area contributed by atoms with Gasteiger partial charge in [-0.1, -0.05) is 42.2 Å². The fourth-order valence-electron chi connectivity index (χ4n) is 3.28. The highest BCUT2D eigenvalue weighted by Crippen LogP contribution is 2.35. The largest absolute Gasteiger partial charge is 0.438 e. The van der Waals surface area contributed by atoms with Gasteiger partial charge in [0.25, 0.3) is 11.5 Å². The van der Waals surface area contributed by atoms with Crippen LogP contribution in [0.2, 0.25) is 0 Å². The first kappa shape index (κ1) is 21.3. The quantitative estimate of drug-likeness (QED) is 0.423. The van der Waals surface area contributed by atoms with Gasteiger partial charge in [-0.2, -0.15) is 4.98 Å². The second kappa shape index (κ2) is 8.28. The van der Waals surface area contributed by atoms with E-state index in [0.29, 0.717) is 20.6 Å². The Labute approximate surface area is 189 Å². The van der Waals surface area contributed by atoms with Gasteiger partial charge in [-0.3, -0.25) is 18.9 Å². The predicted molar refractivity (Wildman–Crippen MR) is 128 cm³/mol. The van der Waals surface area contributed by atoms with E-state index < -0.39 is 0 Å². The molecule has 1 fully saturated rings. The zero-order valence-electron chi connectivity index (χ0n) is 17.6. The average molecular weight is 452 g/mol. The van der Waals surface area contributed by atoms with Crippen molar-refractivity contribution >= 4 is 45.9 Å². The number of pyridine rings is 1. The Balaban J connectivity index is 1.90. The molecule has 1 aliphatic rings.